The Morgan fingerprint density at radius 1 is 1.19 bits per heavy atom. The molecule has 2 aromatic rings. The number of piperidine rings is 1. The molecule has 2 N–H and O–H groups in total. The van der Waals surface area contributed by atoms with E-state index >= 15 is 0 Å². The van der Waals surface area contributed by atoms with E-state index in [0.717, 1.165) is 24.9 Å². The fraction of sp³-hybridized carbons (Fsp3) is 0.400. The standard InChI is InChI=1S/C20H25N5O2/c1-15(18(26)23-13-16-7-3-2-4-8-16)24-19(27)17-9-5-12-25(14-17)20-21-10-6-11-22-20/h2-4,6-8,10-11,15,17H,5,9,12-14H2,1H3,(H,23,26)(H,24,27)/t15-,17-/m0/s1. The van der Waals surface area contributed by atoms with Crippen molar-refractivity contribution in [2.75, 3.05) is 18.0 Å². The van der Waals surface area contributed by atoms with Crippen molar-refractivity contribution in [2.45, 2.75) is 32.4 Å². The number of rotatable bonds is 6. The third-order valence-electron chi connectivity index (χ3n) is 4.69. The summed E-state index contributed by atoms with van der Waals surface area (Å²) in [4.78, 5) is 35.4. The maximum Gasteiger partial charge on any atom is 0.242 e. The van der Waals surface area contributed by atoms with Gasteiger partial charge in [-0.3, -0.25) is 9.59 Å². The lowest BCUT2D eigenvalue weighted by atomic mass is 9.97. The summed E-state index contributed by atoms with van der Waals surface area (Å²) >= 11 is 0. The molecule has 7 heteroatoms. The number of benzene rings is 1. The van der Waals surface area contributed by atoms with E-state index in [1.165, 1.54) is 0 Å². The summed E-state index contributed by atoms with van der Waals surface area (Å²) in [5, 5.41) is 5.70. The quantitative estimate of drug-likeness (QED) is 0.808. The van der Waals surface area contributed by atoms with Crippen LogP contribution in [0.4, 0.5) is 5.95 Å². The highest BCUT2D eigenvalue weighted by Crippen LogP contribution is 2.20. The number of aromatic nitrogens is 2. The molecular weight excluding hydrogens is 342 g/mol. The highest BCUT2D eigenvalue weighted by atomic mass is 16.2. The molecule has 1 fully saturated rings. The van der Waals surface area contributed by atoms with Gasteiger partial charge in [-0.05, 0) is 31.4 Å². The van der Waals surface area contributed by atoms with Crippen LogP contribution in [0.25, 0.3) is 0 Å². The molecule has 2 atom stereocenters. The number of hydrogen-bond donors (Lipinski definition) is 2. The highest BCUT2D eigenvalue weighted by molar-refractivity contribution is 5.88. The number of nitrogens with one attached hydrogen (secondary N) is 2. The van der Waals surface area contributed by atoms with Crippen molar-refractivity contribution in [3.63, 3.8) is 0 Å². The van der Waals surface area contributed by atoms with E-state index in [1.807, 2.05) is 35.2 Å². The Morgan fingerprint density at radius 2 is 1.93 bits per heavy atom. The Hall–Kier alpha value is -2.96. The van der Waals surface area contributed by atoms with Crippen LogP contribution in [0, 0.1) is 5.92 Å². The number of carbonyl (C=O) groups is 2. The topological polar surface area (TPSA) is 87.2 Å². The van der Waals surface area contributed by atoms with Crippen LogP contribution in [0.3, 0.4) is 0 Å². The van der Waals surface area contributed by atoms with Gasteiger partial charge in [-0.25, -0.2) is 9.97 Å². The molecule has 0 saturated carbocycles. The molecule has 1 aromatic heterocycles. The predicted molar refractivity (Wildman–Crippen MR) is 103 cm³/mol. The van der Waals surface area contributed by atoms with Crippen LogP contribution >= 0.6 is 0 Å². The molecular formula is C20H25N5O2. The SMILES string of the molecule is C[C@H](NC(=O)[C@H]1CCCN(c2ncccn2)C1)C(=O)NCc1ccccc1. The zero-order valence-corrected chi connectivity index (χ0v) is 15.5. The van der Waals surface area contributed by atoms with Gasteiger partial charge in [0.2, 0.25) is 17.8 Å². The first-order valence-corrected chi connectivity index (χ1v) is 9.27. The average Bonchev–Trinajstić information content (AvgIpc) is 2.73. The predicted octanol–water partition coefficient (Wildman–Crippen LogP) is 1.51. The van der Waals surface area contributed by atoms with Crippen molar-refractivity contribution in [2.24, 2.45) is 5.92 Å². The number of nitrogens with zero attached hydrogens (tertiary/aromatic N) is 3. The lowest BCUT2D eigenvalue weighted by Gasteiger charge is -2.32. The van der Waals surface area contributed by atoms with Gasteiger partial charge in [0.25, 0.3) is 0 Å². The summed E-state index contributed by atoms with van der Waals surface area (Å²) in [6.45, 7) is 3.55. The van der Waals surface area contributed by atoms with E-state index in [0.29, 0.717) is 19.0 Å². The summed E-state index contributed by atoms with van der Waals surface area (Å²) in [6.07, 6.45) is 5.09. The van der Waals surface area contributed by atoms with Gasteiger partial charge in [-0.1, -0.05) is 30.3 Å². The molecule has 0 spiro atoms. The van der Waals surface area contributed by atoms with E-state index < -0.39 is 6.04 Å². The molecule has 0 radical (unpaired) electrons. The summed E-state index contributed by atoms with van der Waals surface area (Å²) in [7, 11) is 0. The average molecular weight is 367 g/mol. The maximum absolute atomic E-state index is 12.6. The lowest BCUT2D eigenvalue weighted by molar-refractivity contribution is -0.131. The van der Waals surface area contributed by atoms with Crippen LogP contribution < -0.4 is 15.5 Å². The maximum atomic E-state index is 12.6. The molecule has 2 heterocycles. The second kappa shape index (κ2) is 9.12. The van der Waals surface area contributed by atoms with Gasteiger partial charge in [0.15, 0.2) is 0 Å². The first kappa shape index (κ1) is 18.8. The van der Waals surface area contributed by atoms with E-state index in [2.05, 4.69) is 20.6 Å². The van der Waals surface area contributed by atoms with Crippen LogP contribution in [-0.2, 0) is 16.1 Å². The second-order valence-corrected chi connectivity index (χ2v) is 6.77. The Bertz CT molecular complexity index is 753. The summed E-state index contributed by atoms with van der Waals surface area (Å²) in [5.74, 6) is 0.180. The van der Waals surface area contributed by atoms with Gasteiger partial charge in [-0.15, -0.1) is 0 Å². The molecule has 0 bridgehead atoms. The van der Waals surface area contributed by atoms with Crippen molar-refractivity contribution < 1.29 is 9.59 Å². The molecule has 27 heavy (non-hydrogen) atoms. The zero-order chi connectivity index (χ0) is 19.1. The summed E-state index contributed by atoms with van der Waals surface area (Å²) < 4.78 is 0. The zero-order valence-electron chi connectivity index (χ0n) is 15.5. The van der Waals surface area contributed by atoms with Crippen LogP contribution in [0.5, 0.6) is 0 Å². The van der Waals surface area contributed by atoms with Gasteiger partial charge < -0.3 is 15.5 Å². The monoisotopic (exact) mass is 367 g/mol. The van der Waals surface area contributed by atoms with Gasteiger partial charge in [-0.2, -0.15) is 0 Å². The van der Waals surface area contributed by atoms with Crippen LogP contribution in [0.15, 0.2) is 48.8 Å². The molecule has 1 aliphatic rings. The smallest absolute Gasteiger partial charge is 0.242 e. The van der Waals surface area contributed by atoms with Crippen molar-refractivity contribution in [1.29, 1.82) is 0 Å². The van der Waals surface area contributed by atoms with Crippen molar-refractivity contribution in [3.8, 4) is 0 Å². The highest BCUT2D eigenvalue weighted by Gasteiger charge is 2.28. The first-order valence-electron chi connectivity index (χ1n) is 9.27. The minimum atomic E-state index is -0.579. The summed E-state index contributed by atoms with van der Waals surface area (Å²) in [5.41, 5.74) is 1.02. The van der Waals surface area contributed by atoms with Gasteiger partial charge in [0.1, 0.15) is 6.04 Å². The number of amides is 2. The normalized spacial score (nSPS) is 17.8. The molecule has 142 valence electrons. The second-order valence-electron chi connectivity index (χ2n) is 6.77. The largest absolute Gasteiger partial charge is 0.350 e. The van der Waals surface area contributed by atoms with Crippen molar-refractivity contribution in [1.82, 2.24) is 20.6 Å². The molecule has 1 aromatic carbocycles. The molecule has 3 rings (SSSR count). The Balaban J connectivity index is 1.49. The van der Waals surface area contributed by atoms with Crippen LogP contribution in [0.1, 0.15) is 25.3 Å². The van der Waals surface area contributed by atoms with E-state index in [9.17, 15) is 9.59 Å². The third-order valence-corrected chi connectivity index (χ3v) is 4.69. The number of carbonyl (C=O) groups excluding carboxylic acids is 2. The molecule has 1 aliphatic heterocycles. The number of hydrogen-bond acceptors (Lipinski definition) is 5. The van der Waals surface area contributed by atoms with E-state index in [-0.39, 0.29) is 17.7 Å². The van der Waals surface area contributed by atoms with Gasteiger partial charge in [0.05, 0.1) is 5.92 Å². The van der Waals surface area contributed by atoms with Crippen LogP contribution in [0.2, 0.25) is 0 Å². The van der Waals surface area contributed by atoms with E-state index in [1.54, 1.807) is 25.4 Å². The molecule has 2 amide bonds. The minimum Gasteiger partial charge on any atom is -0.350 e. The third kappa shape index (κ3) is 5.26. The molecule has 0 aliphatic carbocycles. The fourth-order valence-electron chi connectivity index (χ4n) is 3.16. The first-order chi connectivity index (χ1) is 13.1. The van der Waals surface area contributed by atoms with Gasteiger partial charge in [0, 0.05) is 32.0 Å². The molecule has 7 nitrogen and oxygen atoms in total. The Kier molecular flexibility index (Phi) is 6.35. The Morgan fingerprint density at radius 3 is 2.67 bits per heavy atom. The molecule has 1 saturated heterocycles. The van der Waals surface area contributed by atoms with Crippen LogP contribution in [-0.4, -0.2) is 40.9 Å². The van der Waals surface area contributed by atoms with Crippen molar-refractivity contribution >= 4 is 17.8 Å². The lowest BCUT2D eigenvalue weighted by Crippen LogP contribution is -2.50. The summed E-state index contributed by atoms with van der Waals surface area (Å²) in [6, 6.07) is 10.9. The number of anilines is 1. The molecule has 0 unspecified atom stereocenters. The minimum absolute atomic E-state index is 0.0991. The van der Waals surface area contributed by atoms with E-state index in [4.69, 9.17) is 0 Å². The Labute approximate surface area is 159 Å². The van der Waals surface area contributed by atoms with Gasteiger partial charge >= 0.3 is 0 Å². The fourth-order valence-corrected chi connectivity index (χ4v) is 3.16. The van der Waals surface area contributed by atoms with Crippen molar-refractivity contribution in [3.05, 3.63) is 54.4 Å².